The largest absolute Gasteiger partial charge is 0.416 e. The monoisotopic (exact) mass is 297 g/mol. The smallest absolute Gasteiger partial charge is 0.354 e. The number of nitriles is 1. The molecule has 0 unspecified atom stereocenters. The predicted octanol–water partition coefficient (Wildman–Crippen LogP) is 4.37. The Balaban J connectivity index is 2.29. The molecule has 3 nitrogen and oxygen atoms in total. The number of hydrogen-bond acceptors (Lipinski definition) is 3. The van der Waals surface area contributed by atoms with E-state index < -0.39 is 11.7 Å². The van der Waals surface area contributed by atoms with E-state index in [1.165, 1.54) is 18.3 Å². The van der Waals surface area contributed by atoms with Crippen LogP contribution in [0, 0.1) is 11.3 Å². The first-order chi connectivity index (χ1) is 9.38. The molecule has 0 spiro atoms. The van der Waals surface area contributed by atoms with Crippen molar-refractivity contribution >= 4 is 23.0 Å². The van der Waals surface area contributed by atoms with Crippen molar-refractivity contribution in [2.75, 3.05) is 5.32 Å². The summed E-state index contributed by atoms with van der Waals surface area (Å²) in [4.78, 5) is 3.81. The van der Waals surface area contributed by atoms with E-state index in [1.54, 1.807) is 6.07 Å². The summed E-state index contributed by atoms with van der Waals surface area (Å²) < 4.78 is 38.0. The summed E-state index contributed by atoms with van der Waals surface area (Å²) in [6, 6.07) is 8.01. The third kappa shape index (κ3) is 3.39. The number of benzene rings is 1. The molecule has 0 amide bonds. The fourth-order valence-electron chi connectivity index (χ4n) is 1.53. The van der Waals surface area contributed by atoms with Gasteiger partial charge in [-0.25, -0.2) is 4.98 Å². The number of halogens is 4. The molecule has 20 heavy (non-hydrogen) atoms. The molecule has 102 valence electrons. The number of nitrogens with one attached hydrogen (secondary N) is 1. The maximum absolute atomic E-state index is 12.7. The van der Waals surface area contributed by atoms with Gasteiger partial charge in [0.15, 0.2) is 0 Å². The van der Waals surface area contributed by atoms with Crippen molar-refractivity contribution in [2.45, 2.75) is 6.18 Å². The standard InChI is InChI=1S/C13H7ClF3N3/c14-9-3-8(13(15,16)17)4-12(5-9)20-11-2-1-10(6-18)19-7-11/h1-5,7,20H. The van der Waals surface area contributed by atoms with Crippen LogP contribution in [-0.2, 0) is 6.18 Å². The van der Waals surface area contributed by atoms with Gasteiger partial charge in [-0.3, -0.25) is 0 Å². The third-order valence-corrected chi connectivity index (χ3v) is 2.61. The van der Waals surface area contributed by atoms with Crippen LogP contribution in [0.4, 0.5) is 24.5 Å². The fourth-order valence-corrected chi connectivity index (χ4v) is 1.76. The van der Waals surface area contributed by atoms with E-state index in [1.807, 2.05) is 6.07 Å². The molecule has 1 heterocycles. The van der Waals surface area contributed by atoms with Crippen molar-refractivity contribution in [3.8, 4) is 6.07 Å². The van der Waals surface area contributed by atoms with Crippen LogP contribution in [0.5, 0.6) is 0 Å². The summed E-state index contributed by atoms with van der Waals surface area (Å²) in [7, 11) is 0. The zero-order valence-electron chi connectivity index (χ0n) is 9.87. The average molecular weight is 298 g/mol. The molecule has 0 aliphatic heterocycles. The Morgan fingerprint density at radius 1 is 1.15 bits per heavy atom. The molecule has 0 fully saturated rings. The van der Waals surface area contributed by atoms with Crippen LogP contribution in [-0.4, -0.2) is 4.98 Å². The summed E-state index contributed by atoms with van der Waals surface area (Å²) in [5.74, 6) is 0. The molecule has 0 radical (unpaired) electrons. The molecule has 1 N–H and O–H groups in total. The molecule has 0 saturated carbocycles. The zero-order valence-corrected chi connectivity index (χ0v) is 10.6. The van der Waals surface area contributed by atoms with Crippen molar-refractivity contribution in [1.82, 2.24) is 4.98 Å². The molecule has 7 heteroatoms. The highest BCUT2D eigenvalue weighted by Gasteiger charge is 2.31. The van der Waals surface area contributed by atoms with Crippen LogP contribution >= 0.6 is 11.6 Å². The number of pyridine rings is 1. The number of anilines is 2. The van der Waals surface area contributed by atoms with Gasteiger partial charge in [-0.05, 0) is 30.3 Å². The van der Waals surface area contributed by atoms with Gasteiger partial charge in [0, 0.05) is 10.7 Å². The molecule has 0 atom stereocenters. The maximum Gasteiger partial charge on any atom is 0.416 e. The van der Waals surface area contributed by atoms with E-state index >= 15 is 0 Å². The van der Waals surface area contributed by atoms with E-state index in [0.717, 1.165) is 12.1 Å². The minimum atomic E-state index is -4.47. The van der Waals surface area contributed by atoms with Gasteiger partial charge in [0.05, 0.1) is 17.4 Å². The van der Waals surface area contributed by atoms with E-state index in [2.05, 4.69) is 10.3 Å². The Labute approximate surface area is 117 Å². The SMILES string of the molecule is N#Cc1ccc(Nc2cc(Cl)cc(C(F)(F)F)c2)cn1. The van der Waals surface area contributed by atoms with Crippen LogP contribution in [0.3, 0.4) is 0 Å². The first-order valence-electron chi connectivity index (χ1n) is 5.39. The second-order valence-electron chi connectivity index (χ2n) is 3.90. The lowest BCUT2D eigenvalue weighted by Gasteiger charge is -2.11. The van der Waals surface area contributed by atoms with Gasteiger partial charge >= 0.3 is 6.18 Å². The predicted molar refractivity (Wildman–Crippen MR) is 68.7 cm³/mol. The van der Waals surface area contributed by atoms with Gasteiger partial charge in [-0.2, -0.15) is 18.4 Å². The normalized spacial score (nSPS) is 10.9. The third-order valence-electron chi connectivity index (χ3n) is 2.39. The number of hydrogen-bond donors (Lipinski definition) is 1. The van der Waals surface area contributed by atoms with Gasteiger partial charge in [0.1, 0.15) is 11.8 Å². The zero-order chi connectivity index (χ0) is 14.8. The highest BCUT2D eigenvalue weighted by atomic mass is 35.5. The second-order valence-corrected chi connectivity index (χ2v) is 4.33. The fraction of sp³-hybridized carbons (Fsp3) is 0.0769. The topological polar surface area (TPSA) is 48.7 Å². The Morgan fingerprint density at radius 3 is 2.45 bits per heavy atom. The molecule has 0 aliphatic rings. The van der Waals surface area contributed by atoms with E-state index in [-0.39, 0.29) is 16.4 Å². The number of aromatic nitrogens is 1. The highest BCUT2D eigenvalue weighted by Crippen LogP contribution is 2.33. The summed E-state index contributed by atoms with van der Waals surface area (Å²) in [6.07, 6.45) is -3.11. The lowest BCUT2D eigenvalue weighted by Crippen LogP contribution is -2.05. The molecular formula is C13H7ClF3N3. The Hall–Kier alpha value is -2.26. The van der Waals surface area contributed by atoms with Crippen molar-refractivity contribution in [1.29, 1.82) is 5.26 Å². The van der Waals surface area contributed by atoms with Gasteiger partial charge in [-0.1, -0.05) is 11.6 Å². The first-order valence-corrected chi connectivity index (χ1v) is 5.77. The minimum Gasteiger partial charge on any atom is -0.354 e. The Morgan fingerprint density at radius 2 is 1.90 bits per heavy atom. The van der Waals surface area contributed by atoms with Crippen LogP contribution in [0.1, 0.15) is 11.3 Å². The van der Waals surface area contributed by atoms with Crippen LogP contribution in [0.15, 0.2) is 36.5 Å². The van der Waals surface area contributed by atoms with Crippen molar-refractivity contribution in [2.24, 2.45) is 0 Å². The van der Waals surface area contributed by atoms with Gasteiger partial charge < -0.3 is 5.32 Å². The summed E-state index contributed by atoms with van der Waals surface area (Å²) in [6.45, 7) is 0. The van der Waals surface area contributed by atoms with E-state index in [0.29, 0.717) is 5.69 Å². The number of nitrogens with zero attached hydrogens (tertiary/aromatic N) is 2. The molecule has 1 aromatic heterocycles. The van der Waals surface area contributed by atoms with E-state index in [9.17, 15) is 13.2 Å². The van der Waals surface area contributed by atoms with Gasteiger partial charge in [0.25, 0.3) is 0 Å². The Bertz CT molecular complexity index is 660. The summed E-state index contributed by atoms with van der Waals surface area (Å²) >= 11 is 5.67. The highest BCUT2D eigenvalue weighted by molar-refractivity contribution is 6.31. The average Bonchev–Trinajstić information content (AvgIpc) is 2.38. The number of rotatable bonds is 2. The van der Waals surface area contributed by atoms with Crippen LogP contribution in [0.2, 0.25) is 5.02 Å². The van der Waals surface area contributed by atoms with Crippen LogP contribution in [0.25, 0.3) is 0 Å². The Kier molecular flexibility index (Phi) is 3.81. The lowest BCUT2D eigenvalue weighted by molar-refractivity contribution is -0.137. The molecule has 0 saturated heterocycles. The van der Waals surface area contributed by atoms with Crippen molar-refractivity contribution in [3.05, 3.63) is 52.8 Å². The molecule has 2 rings (SSSR count). The molecule has 2 aromatic rings. The summed E-state index contributed by atoms with van der Waals surface area (Å²) in [5, 5.41) is 11.3. The first kappa shape index (κ1) is 14.2. The van der Waals surface area contributed by atoms with Crippen molar-refractivity contribution < 1.29 is 13.2 Å². The molecule has 0 aliphatic carbocycles. The van der Waals surface area contributed by atoms with E-state index in [4.69, 9.17) is 16.9 Å². The second kappa shape index (κ2) is 5.39. The lowest BCUT2D eigenvalue weighted by atomic mass is 10.2. The molecule has 0 bridgehead atoms. The van der Waals surface area contributed by atoms with Gasteiger partial charge in [-0.15, -0.1) is 0 Å². The van der Waals surface area contributed by atoms with Gasteiger partial charge in [0.2, 0.25) is 0 Å². The maximum atomic E-state index is 12.7. The molecular weight excluding hydrogens is 291 g/mol. The summed E-state index contributed by atoms with van der Waals surface area (Å²) in [5.41, 5.74) is 0.0300. The quantitative estimate of drug-likeness (QED) is 0.895. The van der Waals surface area contributed by atoms with Crippen LogP contribution < -0.4 is 5.32 Å². The van der Waals surface area contributed by atoms with Crippen molar-refractivity contribution in [3.63, 3.8) is 0 Å². The minimum absolute atomic E-state index is 0.0241. The molecule has 1 aromatic carbocycles. The number of alkyl halides is 3.